The summed E-state index contributed by atoms with van der Waals surface area (Å²) in [6.07, 6.45) is 6.26. The molecule has 108 valence electrons. The van der Waals surface area contributed by atoms with Gasteiger partial charge in [-0.3, -0.25) is 9.25 Å². The van der Waals surface area contributed by atoms with Gasteiger partial charge in [0, 0.05) is 44.9 Å². The Morgan fingerprint density at radius 3 is 2.95 bits per heavy atom. The van der Waals surface area contributed by atoms with Crippen molar-refractivity contribution in [1.82, 2.24) is 24.6 Å². The van der Waals surface area contributed by atoms with E-state index in [1.54, 1.807) is 0 Å². The summed E-state index contributed by atoms with van der Waals surface area (Å²) in [4.78, 5) is 4.86. The maximum Gasteiger partial charge on any atom is 0.113 e. The van der Waals surface area contributed by atoms with Gasteiger partial charge in [0.05, 0.1) is 17.1 Å². The van der Waals surface area contributed by atoms with E-state index in [0.717, 1.165) is 44.5 Å². The molecular weight excluding hydrogens is 250 g/mol. The lowest BCUT2D eigenvalue weighted by Crippen LogP contribution is -2.24. The largest absolute Gasteiger partial charge is 0.311 e. The molecule has 0 unspecified atom stereocenters. The van der Waals surface area contributed by atoms with Crippen LogP contribution >= 0.6 is 0 Å². The molecule has 5 nitrogen and oxygen atoms in total. The summed E-state index contributed by atoms with van der Waals surface area (Å²) in [6.45, 7) is 6.29. The van der Waals surface area contributed by atoms with E-state index in [1.807, 2.05) is 11.7 Å². The Bertz CT molecular complexity index is 608. The standard InChI is InChI=1S/C15H23N5/c1-4-6-15-17-12-9-16-8-7-13(12)20(15)14-10-19(3)18-11(14)5-2/h10,16H,4-9H2,1-3H3. The molecule has 3 rings (SSSR count). The minimum atomic E-state index is 0.890. The van der Waals surface area contributed by atoms with Crippen molar-refractivity contribution in [3.8, 4) is 5.69 Å². The fraction of sp³-hybridized carbons (Fsp3) is 0.600. The normalized spacial score (nSPS) is 14.6. The Morgan fingerprint density at radius 1 is 1.35 bits per heavy atom. The topological polar surface area (TPSA) is 47.7 Å². The molecule has 2 aromatic rings. The third-order valence-corrected chi connectivity index (χ3v) is 3.89. The van der Waals surface area contributed by atoms with Crippen LogP contribution in [0.1, 0.15) is 43.2 Å². The lowest BCUT2D eigenvalue weighted by molar-refractivity contribution is 0.619. The van der Waals surface area contributed by atoms with Crippen LogP contribution in [0.15, 0.2) is 6.20 Å². The Hall–Kier alpha value is -1.62. The molecule has 0 radical (unpaired) electrons. The van der Waals surface area contributed by atoms with E-state index in [0.29, 0.717) is 0 Å². The summed E-state index contributed by atoms with van der Waals surface area (Å²) < 4.78 is 4.28. The number of fused-ring (bicyclic) bond motifs is 1. The van der Waals surface area contributed by atoms with Gasteiger partial charge in [-0.25, -0.2) is 4.98 Å². The van der Waals surface area contributed by atoms with Crippen LogP contribution in [-0.2, 0) is 32.9 Å². The summed E-state index contributed by atoms with van der Waals surface area (Å²) in [5.41, 5.74) is 4.96. The van der Waals surface area contributed by atoms with Crippen LogP contribution in [0.3, 0.4) is 0 Å². The van der Waals surface area contributed by atoms with Gasteiger partial charge in [-0.2, -0.15) is 5.10 Å². The monoisotopic (exact) mass is 273 g/mol. The van der Waals surface area contributed by atoms with Gasteiger partial charge in [0.25, 0.3) is 0 Å². The molecule has 0 atom stereocenters. The second-order valence-electron chi connectivity index (χ2n) is 5.42. The third-order valence-electron chi connectivity index (χ3n) is 3.89. The van der Waals surface area contributed by atoms with Gasteiger partial charge in [-0.1, -0.05) is 13.8 Å². The van der Waals surface area contributed by atoms with Gasteiger partial charge in [0.1, 0.15) is 5.82 Å². The molecule has 0 aromatic carbocycles. The highest BCUT2D eigenvalue weighted by Gasteiger charge is 2.22. The van der Waals surface area contributed by atoms with Crippen molar-refractivity contribution in [2.24, 2.45) is 7.05 Å². The van der Waals surface area contributed by atoms with E-state index in [2.05, 4.69) is 35.0 Å². The van der Waals surface area contributed by atoms with Gasteiger partial charge in [-0.05, 0) is 12.8 Å². The lowest BCUT2D eigenvalue weighted by atomic mass is 10.1. The van der Waals surface area contributed by atoms with Crippen LogP contribution in [0, 0.1) is 0 Å². The first-order valence-corrected chi connectivity index (χ1v) is 7.57. The quantitative estimate of drug-likeness (QED) is 0.923. The Labute approximate surface area is 120 Å². The molecule has 0 aliphatic carbocycles. The predicted octanol–water partition coefficient (Wildman–Crippen LogP) is 1.77. The molecule has 0 saturated carbocycles. The molecule has 2 aromatic heterocycles. The molecular formula is C15H23N5. The lowest BCUT2D eigenvalue weighted by Gasteiger charge is -2.16. The summed E-state index contributed by atoms with van der Waals surface area (Å²) in [5, 5.41) is 8.00. The van der Waals surface area contributed by atoms with E-state index in [9.17, 15) is 0 Å². The molecule has 0 fully saturated rings. The van der Waals surface area contributed by atoms with Gasteiger partial charge in [0.2, 0.25) is 0 Å². The van der Waals surface area contributed by atoms with Gasteiger partial charge < -0.3 is 5.32 Å². The molecule has 5 heteroatoms. The highest BCUT2D eigenvalue weighted by atomic mass is 15.3. The smallest absolute Gasteiger partial charge is 0.113 e. The fourth-order valence-electron chi connectivity index (χ4n) is 3.00. The van der Waals surface area contributed by atoms with Gasteiger partial charge in [0.15, 0.2) is 0 Å². The van der Waals surface area contributed by atoms with Crippen molar-refractivity contribution < 1.29 is 0 Å². The summed E-state index contributed by atoms with van der Waals surface area (Å²) in [5.74, 6) is 1.18. The molecule has 3 heterocycles. The molecule has 0 spiro atoms. The Kier molecular flexibility index (Phi) is 3.61. The number of hydrogen-bond donors (Lipinski definition) is 1. The van der Waals surface area contributed by atoms with Crippen molar-refractivity contribution in [1.29, 1.82) is 0 Å². The van der Waals surface area contributed by atoms with Crippen LogP contribution in [0.4, 0.5) is 0 Å². The zero-order valence-electron chi connectivity index (χ0n) is 12.6. The van der Waals surface area contributed by atoms with Crippen LogP contribution in [-0.4, -0.2) is 25.9 Å². The number of imidazole rings is 1. The van der Waals surface area contributed by atoms with E-state index in [-0.39, 0.29) is 0 Å². The van der Waals surface area contributed by atoms with Crippen molar-refractivity contribution in [2.45, 2.75) is 46.1 Å². The number of rotatable bonds is 4. The minimum absolute atomic E-state index is 0.890. The van der Waals surface area contributed by atoms with Crippen LogP contribution in [0.25, 0.3) is 5.69 Å². The first kappa shape index (κ1) is 13.4. The van der Waals surface area contributed by atoms with E-state index in [1.165, 1.54) is 22.9 Å². The number of nitrogens with zero attached hydrogens (tertiary/aromatic N) is 4. The number of aryl methyl sites for hydroxylation is 3. The predicted molar refractivity (Wildman–Crippen MR) is 79.1 cm³/mol. The second kappa shape index (κ2) is 5.40. The summed E-state index contributed by atoms with van der Waals surface area (Å²) in [6, 6.07) is 0. The zero-order chi connectivity index (χ0) is 14.1. The minimum Gasteiger partial charge on any atom is -0.311 e. The SMILES string of the molecule is CCCc1nc2c(n1-c1cn(C)nc1CC)CCNC2. The van der Waals surface area contributed by atoms with E-state index < -0.39 is 0 Å². The van der Waals surface area contributed by atoms with Crippen molar-refractivity contribution in [3.05, 3.63) is 29.1 Å². The molecule has 0 saturated heterocycles. The maximum absolute atomic E-state index is 4.86. The van der Waals surface area contributed by atoms with Gasteiger partial charge >= 0.3 is 0 Å². The molecule has 0 amide bonds. The molecule has 1 aliphatic heterocycles. The van der Waals surface area contributed by atoms with Crippen molar-refractivity contribution in [3.63, 3.8) is 0 Å². The molecule has 20 heavy (non-hydrogen) atoms. The highest BCUT2D eigenvalue weighted by molar-refractivity contribution is 5.41. The van der Waals surface area contributed by atoms with E-state index >= 15 is 0 Å². The van der Waals surface area contributed by atoms with Crippen molar-refractivity contribution in [2.75, 3.05) is 6.54 Å². The fourth-order valence-corrected chi connectivity index (χ4v) is 3.00. The average Bonchev–Trinajstić information content (AvgIpc) is 2.98. The van der Waals surface area contributed by atoms with Gasteiger partial charge in [-0.15, -0.1) is 0 Å². The number of hydrogen-bond acceptors (Lipinski definition) is 3. The van der Waals surface area contributed by atoms with Crippen LogP contribution in [0.2, 0.25) is 0 Å². The summed E-state index contributed by atoms with van der Waals surface area (Å²) in [7, 11) is 1.99. The Balaban J connectivity index is 2.17. The second-order valence-corrected chi connectivity index (χ2v) is 5.42. The number of nitrogens with one attached hydrogen (secondary N) is 1. The third kappa shape index (κ3) is 2.16. The number of aromatic nitrogens is 4. The maximum atomic E-state index is 4.86. The summed E-state index contributed by atoms with van der Waals surface area (Å²) >= 11 is 0. The molecule has 1 aliphatic rings. The molecule has 0 bridgehead atoms. The van der Waals surface area contributed by atoms with Crippen molar-refractivity contribution >= 4 is 0 Å². The average molecular weight is 273 g/mol. The first-order chi connectivity index (χ1) is 9.74. The first-order valence-electron chi connectivity index (χ1n) is 7.57. The van der Waals surface area contributed by atoms with Crippen LogP contribution in [0.5, 0.6) is 0 Å². The molecule has 1 N–H and O–H groups in total. The van der Waals surface area contributed by atoms with Crippen LogP contribution < -0.4 is 5.32 Å². The Morgan fingerprint density at radius 2 is 2.20 bits per heavy atom. The highest BCUT2D eigenvalue weighted by Crippen LogP contribution is 2.24. The zero-order valence-corrected chi connectivity index (χ0v) is 12.6. The van der Waals surface area contributed by atoms with E-state index in [4.69, 9.17) is 4.98 Å².